The first kappa shape index (κ1) is 29.2. The van der Waals surface area contributed by atoms with Crippen LogP contribution in [0, 0.1) is 0 Å². The highest BCUT2D eigenvalue weighted by molar-refractivity contribution is 7.45. The Morgan fingerprint density at radius 1 is 0.741 bits per heavy atom. The van der Waals surface area contributed by atoms with Gasteiger partial charge in [0.15, 0.2) is 0 Å². The van der Waals surface area contributed by atoms with Crippen molar-refractivity contribution in [1.82, 2.24) is 4.90 Å². The molecule has 0 spiro atoms. The van der Waals surface area contributed by atoms with E-state index < -0.39 is 7.82 Å². The predicted octanol–water partition coefficient (Wildman–Crippen LogP) is 2.02. The summed E-state index contributed by atoms with van der Waals surface area (Å²) in [6, 6.07) is 0.0772. The van der Waals surface area contributed by atoms with E-state index in [-0.39, 0.29) is 25.9 Å². The maximum atomic E-state index is 9.49. The third-order valence-corrected chi connectivity index (χ3v) is 4.39. The van der Waals surface area contributed by atoms with Crippen molar-refractivity contribution in [3.05, 3.63) is 0 Å². The summed E-state index contributed by atoms with van der Waals surface area (Å²) in [5, 5.41) is 27.6. The van der Waals surface area contributed by atoms with E-state index >= 15 is 0 Å². The smallest absolute Gasteiger partial charge is 0.395 e. The van der Waals surface area contributed by atoms with Crippen LogP contribution in [0.25, 0.3) is 0 Å². The van der Waals surface area contributed by atoms with Crippen molar-refractivity contribution in [1.29, 1.82) is 0 Å². The summed E-state index contributed by atoms with van der Waals surface area (Å²) in [6.07, 6.45) is 14.1. The Kier molecular flexibility index (Phi) is 22.3. The zero-order chi connectivity index (χ0) is 21.0. The van der Waals surface area contributed by atoms with E-state index in [9.17, 15) is 5.11 Å². The molecule has 0 bridgehead atoms. The quantitative estimate of drug-likeness (QED) is 0.156. The van der Waals surface area contributed by atoms with Crippen LogP contribution in [0.3, 0.4) is 0 Å². The highest BCUT2D eigenvalue weighted by Gasteiger charge is 2.16. The lowest BCUT2D eigenvalue weighted by Gasteiger charge is -2.29. The minimum absolute atomic E-state index is 0.0772. The average molecular weight is 416 g/mol. The number of hydrogen-bond donors (Lipinski definition) is 6. The summed E-state index contributed by atoms with van der Waals surface area (Å²) in [7, 11) is -4.64. The van der Waals surface area contributed by atoms with E-state index in [1.165, 1.54) is 57.8 Å². The van der Waals surface area contributed by atoms with Crippen LogP contribution in [0.2, 0.25) is 0 Å². The second-order valence-corrected chi connectivity index (χ2v) is 7.83. The lowest BCUT2D eigenvalue weighted by Crippen LogP contribution is -2.41. The Labute approximate surface area is 164 Å². The highest BCUT2D eigenvalue weighted by atomic mass is 31.2. The molecule has 9 heteroatoms. The van der Waals surface area contributed by atoms with E-state index in [2.05, 4.69) is 6.92 Å². The molecule has 0 heterocycles. The van der Waals surface area contributed by atoms with Gasteiger partial charge in [0.2, 0.25) is 0 Å². The first-order valence-corrected chi connectivity index (χ1v) is 11.7. The summed E-state index contributed by atoms with van der Waals surface area (Å²) < 4.78 is 8.88. The molecule has 0 aliphatic heterocycles. The molecule has 0 rings (SSSR count). The molecule has 8 nitrogen and oxygen atoms in total. The molecule has 0 aromatic heterocycles. The Morgan fingerprint density at radius 3 is 1.44 bits per heavy atom. The average Bonchev–Trinajstić information content (AvgIpc) is 2.58. The molecule has 27 heavy (non-hydrogen) atoms. The number of rotatable bonds is 17. The Hall–Kier alpha value is -0.0500. The molecule has 1 atom stereocenters. The number of hydrogen-bond acceptors (Lipinski definition) is 5. The molecular weight excluding hydrogens is 373 g/mol. The fourth-order valence-corrected chi connectivity index (χ4v) is 2.99. The van der Waals surface area contributed by atoms with E-state index in [0.29, 0.717) is 13.1 Å². The van der Waals surface area contributed by atoms with Crippen molar-refractivity contribution in [2.75, 3.05) is 32.9 Å². The van der Waals surface area contributed by atoms with Crippen LogP contribution in [-0.2, 0) is 4.57 Å². The van der Waals surface area contributed by atoms with Gasteiger partial charge in [0.05, 0.1) is 19.8 Å². The number of aliphatic hydroxyl groups is 3. The van der Waals surface area contributed by atoms with Crippen molar-refractivity contribution < 1.29 is 34.6 Å². The first-order chi connectivity index (χ1) is 12.8. The Bertz CT molecular complexity index is 327. The van der Waals surface area contributed by atoms with Gasteiger partial charge in [0.1, 0.15) is 0 Å². The van der Waals surface area contributed by atoms with Crippen LogP contribution in [0.1, 0.15) is 77.6 Å². The topological polar surface area (TPSA) is 142 Å². The minimum Gasteiger partial charge on any atom is -0.395 e. The van der Waals surface area contributed by atoms with Crippen molar-refractivity contribution >= 4 is 7.82 Å². The van der Waals surface area contributed by atoms with Gasteiger partial charge in [0.25, 0.3) is 0 Å². The van der Waals surface area contributed by atoms with Crippen molar-refractivity contribution in [3.63, 3.8) is 0 Å². The lowest BCUT2D eigenvalue weighted by atomic mass is 10.0. The van der Waals surface area contributed by atoms with Gasteiger partial charge in [0, 0.05) is 19.1 Å². The molecule has 0 amide bonds. The van der Waals surface area contributed by atoms with Crippen LogP contribution in [0.5, 0.6) is 0 Å². The van der Waals surface area contributed by atoms with Gasteiger partial charge in [-0.3, -0.25) is 4.90 Å². The molecule has 0 aromatic carbocycles. The molecule has 166 valence electrons. The second kappa shape index (κ2) is 20.7. The maximum absolute atomic E-state index is 9.49. The highest BCUT2D eigenvalue weighted by Crippen LogP contribution is 2.25. The number of aliphatic hydroxyl groups excluding tert-OH is 3. The second-order valence-electron chi connectivity index (χ2n) is 6.80. The standard InChI is InChI=1S/C18H39NO3.H3O4P/c1-2-3-4-5-6-7-8-9-10-11-12-18(17-22)19(13-15-20)14-16-21;1-5(2,3)4/h18,20-22H,2-17H2,1H3;(H3,1,2,3,4). The van der Waals surface area contributed by atoms with Crippen LogP contribution < -0.4 is 0 Å². The zero-order valence-electron chi connectivity index (χ0n) is 16.9. The van der Waals surface area contributed by atoms with Crippen LogP contribution in [0.4, 0.5) is 0 Å². The molecule has 0 aliphatic rings. The molecule has 0 fully saturated rings. The summed E-state index contributed by atoms with van der Waals surface area (Å²) in [6.45, 7) is 3.58. The molecule has 0 aromatic rings. The Balaban J connectivity index is 0. The third-order valence-electron chi connectivity index (χ3n) is 4.39. The lowest BCUT2D eigenvalue weighted by molar-refractivity contribution is 0.0781. The largest absolute Gasteiger partial charge is 0.466 e. The van der Waals surface area contributed by atoms with Gasteiger partial charge in [-0.25, -0.2) is 4.57 Å². The zero-order valence-corrected chi connectivity index (χ0v) is 17.8. The van der Waals surface area contributed by atoms with Crippen LogP contribution in [0.15, 0.2) is 0 Å². The molecular formula is C18H42NO7P. The SMILES string of the molecule is CCCCCCCCCCCCC(CO)N(CCO)CCO.O=P(O)(O)O. The molecule has 0 saturated heterocycles. The number of nitrogens with zero attached hydrogens (tertiary/aromatic N) is 1. The molecule has 1 unspecified atom stereocenters. The Morgan fingerprint density at radius 2 is 1.11 bits per heavy atom. The molecule has 0 saturated carbocycles. The van der Waals surface area contributed by atoms with Gasteiger partial charge in [-0.2, -0.15) is 0 Å². The maximum Gasteiger partial charge on any atom is 0.466 e. The fourth-order valence-electron chi connectivity index (χ4n) is 2.99. The summed E-state index contributed by atoms with van der Waals surface area (Å²) >= 11 is 0. The van der Waals surface area contributed by atoms with Gasteiger partial charge < -0.3 is 30.0 Å². The van der Waals surface area contributed by atoms with E-state index in [4.69, 9.17) is 29.5 Å². The van der Waals surface area contributed by atoms with Gasteiger partial charge in [-0.1, -0.05) is 71.1 Å². The molecule has 6 N–H and O–H groups in total. The minimum atomic E-state index is -4.64. The van der Waals surface area contributed by atoms with Crippen LogP contribution in [-0.4, -0.2) is 73.9 Å². The number of unbranched alkanes of at least 4 members (excludes halogenated alkanes) is 9. The fraction of sp³-hybridized carbons (Fsp3) is 1.00. The normalized spacial score (nSPS) is 12.7. The predicted molar refractivity (Wildman–Crippen MR) is 107 cm³/mol. The monoisotopic (exact) mass is 415 g/mol. The number of phosphoric acid groups is 1. The summed E-state index contributed by atoms with van der Waals surface area (Å²) in [5.74, 6) is 0. The van der Waals surface area contributed by atoms with Crippen LogP contribution >= 0.6 is 7.82 Å². The van der Waals surface area contributed by atoms with Gasteiger partial charge in [-0.15, -0.1) is 0 Å². The third kappa shape index (κ3) is 25.9. The molecule has 0 radical (unpaired) electrons. The van der Waals surface area contributed by atoms with Crippen molar-refractivity contribution in [2.24, 2.45) is 0 Å². The van der Waals surface area contributed by atoms with Crippen molar-refractivity contribution in [2.45, 2.75) is 83.6 Å². The molecule has 0 aliphatic carbocycles. The van der Waals surface area contributed by atoms with Crippen molar-refractivity contribution in [3.8, 4) is 0 Å². The van der Waals surface area contributed by atoms with Gasteiger partial charge >= 0.3 is 7.82 Å². The van der Waals surface area contributed by atoms with E-state index in [0.717, 1.165) is 12.8 Å². The first-order valence-electron chi connectivity index (χ1n) is 10.1. The van der Waals surface area contributed by atoms with Gasteiger partial charge in [-0.05, 0) is 6.42 Å². The van der Waals surface area contributed by atoms with E-state index in [1.807, 2.05) is 4.90 Å². The van der Waals surface area contributed by atoms with E-state index in [1.54, 1.807) is 0 Å². The summed E-state index contributed by atoms with van der Waals surface area (Å²) in [5.41, 5.74) is 0. The summed E-state index contributed by atoms with van der Waals surface area (Å²) in [4.78, 5) is 23.6.